The summed E-state index contributed by atoms with van der Waals surface area (Å²) < 4.78 is 10.6. The highest BCUT2D eigenvalue weighted by atomic mass is 16.5. The summed E-state index contributed by atoms with van der Waals surface area (Å²) in [7, 11) is 1.63. The first kappa shape index (κ1) is 18.4. The number of aromatic nitrogens is 2. The summed E-state index contributed by atoms with van der Waals surface area (Å²) in [4.78, 5) is 19.2. The Kier molecular flexibility index (Phi) is 5.91. The Morgan fingerprint density at radius 1 is 1.42 bits per heavy atom. The van der Waals surface area contributed by atoms with Crippen LogP contribution >= 0.6 is 0 Å². The standard InChI is InChI=1S/C20H27N3O3/c1-4-14(2)23(20(24)15-7-5-8-15)12-11-18-21-19(22-26-18)16-9-6-10-17(13-16)25-3/h6,9-10,13-15H,4-5,7-8,11-12H2,1-3H3/t14-/m1/s1. The molecule has 1 aliphatic rings. The number of hydrogen-bond donors (Lipinski definition) is 0. The number of carbonyl (C=O) groups is 1. The quantitative estimate of drug-likeness (QED) is 0.720. The molecule has 3 rings (SSSR count). The average molecular weight is 357 g/mol. The number of nitrogens with zero attached hydrogens (tertiary/aromatic N) is 3. The highest BCUT2D eigenvalue weighted by Gasteiger charge is 2.31. The fourth-order valence-electron chi connectivity index (χ4n) is 3.11. The second-order valence-electron chi connectivity index (χ2n) is 6.91. The van der Waals surface area contributed by atoms with Crippen LogP contribution in [0, 0.1) is 5.92 Å². The van der Waals surface area contributed by atoms with E-state index in [4.69, 9.17) is 9.26 Å². The minimum atomic E-state index is 0.207. The molecule has 1 aliphatic carbocycles. The van der Waals surface area contributed by atoms with Crippen molar-refractivity contribution in [3.05, 3.63) is 30.2 Å². The normalized spacial score (nSPS) is 15.3. The van der Waals surface area contributed by atoms with E-state index in [1.165, 1.54) is 0 Å². The zero-order valence-corrected chi connectivity index (χ0v) is 15.8. The van der Waals surface area contributed by atoms with E-state index in [0.29, 0.717) is 24.7 Å². The Morgan fingerprint density at radius 3 is 2.88 bits per heavy atom. The van der Waals surface area contributed by atoms with Crippen LogP contribution in [0.1, 0.15) is 45.4 Å². The van der Waals surface area contributed by atoms with Gasteiger partial charge in [-0.1, -0.05) is 30.6 Å². The number of benzene rings is 1. The molecule has 0 N–H and O–H groups in total. The van der Waals surface area contributed by atoms with Crippen LogP contribution in [0.3, 0.4) is 0 Å². The fourth-order valence-corrected chi connectivity index (χ4v) is 3.11. The second kappa shape index (κ2) is 8.34. The van der Waals surface area contributed by atoms with Gasteiger partial charge < -0.3 is 14.2 Å². The summed E-state index contributed by atoms with van der Waals surface area (Å²) in [5.74, 6) is 2.33. The molecule has 1 atom stereocenters. The predicted octanol–water partition coefficient (Wildman–Crippen LogP) is 3.71. The first-order valence-electron chi connectivity index (χ1n) is 9.39. The number of hydrogen-bond acceptors (Lipinski definition) is 5. The van der Waals surface area contributed by atoms with Crippen LogP contribution in [0.2, 0.25) is 0 Å². The van der Waals surface area contributed by atoms with E-state index in [0.717, 1.165) is 37.0 Å². The minimum Gasteiger partial charge on any atom is -0.497 e. The van der Waals surface area contributed by atoms with E-state index < -0.39 is 0 Å². The molecule has 1 aromatic heterocycles. The van der Waals surface area contributed by atoms with E-state index in [1.807, 2.05) is 29.2 Å². The zero-order chi connectivity index (χ0) is 18.5. The second-order valence-corrected chi connectivity index (χ2v) is 6.91. The van der Waals surface area contributed by atoms with Crippen molar-refractivity contribution < 1.29 is 14.1 Å². The van der Waals surface area contributed by atoms with E-state index in [-0.39, 0.29) is 17.9 Å². The maximum Gasteiger partial charge on any atom is 0.228 e. The van der Waals surface area contributed by atoms with Crippen LogP contribution in [0.5, 0.6) is 5.75 Å². The molecule has 1 heterocycles. The Bertz CT molecular complexity index is 739. The lowest BCUT2D eigenvalue weighted by molar-refractivity contribution is -0.140. The molecule has 1 amide bonds. The number of ether oxygens (including phenoxy) is 1. The van der Waals surface area contributed by atoms with Gasteiger partial charge in [0.05, 0.1) is 7.11 Å². The minimum absolute atomic E-state index is 0.207. The van der Waals surface area contributed by atoms with Gasteiger partial charge in [0, 0.05) is 30.5 Å². The summed E-state index contributed by atoms with van der Waals surface area (Å²) >= 11 is 0. The fraction of sp³-hybridized carbons (Fsp3) is 0.550. The molecule has 0 bridgehead atoms. The Balaban J connectivity index is 1.66. The van der Waals surface area contributed by atoms with E-state index >= 15 is 0 Å². The van der Waals surface area contributed by atoms with E-state index in [1.54, 1.807) is 7.11 Å². The van der Waals surface area contributed by atoms with Gasteiger partial charge in [0.1, 0.15) is 5.75 Å². The summed E-state index contributed by atoms with van der Waals surface area (Å²) in [6, 6.07) is 7.79. The van der Waals surface area contributed by atoms with Crippen molar-refractivity contribution in [2.24, 2.45) is 5.92 Å². The van der Waals surface area contributed by atoms with Crippen molar-refractivity contribution in [1.82, 2.24) is 15.0 Å². The van der Waals surface area contributed by atoms with Crippen LogP contribution < -0.4 is 4.74 Å². The number of amides is 1. The van der Waals surface area contributed by atoms with Crippen molar-refractivity contribution in [3.8, 4) is 17.1 Å². The number of carbonyl (C=O) groups excluding carboxylic acids is 1. The summed E-state index contributed by atoms with van der Waals surface area (Å²) in [5, 5.41) is 4.07. The van der Waals surface area contributed by atoms with Crippen molar-refractivity contribution in [3.63, 3.8) is 0 Å². The predicted molar refractivity (Wildman–Crippen MR) is 98.8 cm³/mol. The lowest BCUT2D eigenvalue weighted by Gasteiger charge is -2.35. The molecule has 26 heavy (non-hydrogen) atoms. The summed E-state index contributed by atoms with van der Waals surface area (Å²) in [5.41, 5.74) is 0.851. The topological polar surface area (TPSA) is 68.5 Å². The van der Waals surface area contributed by atoms with Crippen LogP contribution in [-0.4, -0.2) is 40.6 Å². The molecule has 0 aliphatic heterocycles. The molecule has 140 valence electrons. The molecule has 0 saturated heterocycles. The van der Waals surface area contributed by atoms with E-state index in [2.05, 4.69) is 24.0 Å². The first-order valence-corrected chi connectivity index (χ1v) is 9.39. The molecule has 6 nitrogen and oxygen atoms in total. The molecule has 0 spiro atoms. The van der Waals surface area contributed by atoms with Crippen LogP contribution in [0.4, 0.5) is 0 Å². The maximum absolute atomic E-state index is 12.7. The summed E-state index contributed by atoms with van der Waals surface area (Å²) in [6.45, 7) is 4.83. The van der Waals surface area contributed by atoms with Gasteiger partial charge in [0.15, 0.2) is 0 Å². The van der Waals surface area contributed by atoms with Crippen LogP contribution in [0.25, 0.3) is 11.4 Å². The van der Waals surface area contributed by atoms with Gasteiger partial charge in [-0.15, -0.1) is 0 Å². The lowest BCUT2D eigenvalue weighted by atomic mass is 9.84. The molecule has 6 heteroatoms. The number of methoxy groups -OCH3 is 1. The molecular formula is C20H27N3O3. The van der Waals surface area contributed by atoms with Gasteiger partial charge in [-0.3, -0.25) is 4.79 Å². The molecule has 1 saturated carbocycles. The van der Waals surface area contributed by atoms with Crippen molar-refractivity contribution in [1.29, 1.82) is 0 Å². The van der Waals surface area contributed by atoms with Crippen molar-refractivity contribution >= 4 is 5.91 Å². The van der Waals surface area contributed by atoms with Crippen molar-refractivity contribution in [2.75, 3.05) is 13.7 Å². The molecule has 1 aromatic carbocycles. The Morgan fingerprint density at radius 2 is 2.23 bits per heavy atom. The summed E-state index contributed by atoms with van der Waals surface area (Å²) in [6.07, 6.45) is 4.72. The maximum atomic E-state index is 12.7. The molecular weight excluding hydrogens is 330 g/mol. The van der Waals surface area contributed by atoms with Gasteiger partial charge in [-0.2, -0.15) is 4.98 Å². The van der Waals surface area contributed by atoms with Crippen molar-refractivity contribution in [2.45, 2.75) is 52.0 Å². The molecule has 1 fully saturated rings. The highest BCUT2D eigenvalue weighted by Crippen LogP contribution is 2.29. The third-order valence-electron chi connectivity index (χ3n) is 5.22. The van der Waals surface area contributed by atoms with Gasteiger partial charge in [-0.05, 0) is 38.3 Å². The Labute approximate surface area is 154 Å². The largest absolute Gasteiger partial charge is 0.497 e. The van der Waals surface area contributed by atoms with Gasteiger partial charge >= 0.3 is 0 Å². The molecule has 0 radical (unpaired) electrons. The molecule has 2 aromatic rings. The van der Waals surface area contributed by atoms with Crippen LogP contribution in [0.15, 0.2) is 28.8 Å². The van der Waals surface area contributed by atoms with E-state index in [9.17, 15) is 4.79 Å². The third-order valence-corrected chi connectivity index (χ3v) is 5.22. The first-order chi connectivity index (χ1) is 12.6. The van der Waals surface area contributed by atoms with Gasteiger partial charge in [-0.25, -0.2) is 0 Å². The zero-order valence-electron chi connectivity index (χ0n) is 15.8. The average Bonchev–Trinajstić information content (AvgIpc) is 3.09. The van der Waals surface area contributed by atoms with Gasteiger partial charge in [0.25, 0.3) is 0 Å². The van der Waals surface area contributed by atoms with Gasteiger partial charge in [0.2, 0.25) is 17.6 Å². The smallest absolute Gasteiger partial charge is 0.228 e. The Hall–Kier alpha value is -2.37. The lowest BCUT2D eigenvalue weighted by Crippen LogP contribution is -2.44. The third kappa shape index (κ3) is 4.06. The monoisotopic (exact) mass is 357 g/mol. The molecule has 0 unspecified atom stereocenters. The number of rotatable bonds is 8. The highest BCUT2D eigenvalue weighted by molar-refractivity contribution is 5.79. The van der Waals surface area contributed by atoms with Crippen LogP contribution in [-0.2, 0) is 11.2 Å². The SMILES string of the molecule is CC[C@@H](C)N(CCc1nc(-c2cccc(OC)c2)no1)C(=O)C1CCC1.